The van der Waals surface area contributed by atoms with Crippen molar-refractivity contribution in [1.29, 1.82) is 0 Å². The molecule has 5 nitrogen and oxygen atoms in total. The normalized spacial score (nSPS) is 11.3. The van der Waals surface area contributed by atoms with Crippen LogP contribution in [0.15, 0.2) is 23.2 Å². The molecule has 0 saturated heterocycles. The molecule has 5 heteroatoms. The third-order valence-electron chi connectivity index (χ3n) is 2.10. The molecule has 1 aromatic carbocycles. The molecule has 1 aromatic rings. The Bertz CT molecular complexity index is 427. The Labute approximate surface area is 93.9 Å². The molecule has 0 bridgehead atoms. The molecular formula is C11H14N2O3. The topological polar surface area (TPSA) is 64.7 Å². The first kappa shape index (κ1) is 12.2. The summed E-state index contributed by atoms with van der Waals surface area (Å²) in [5.41, 5.74) is 1.19. The van der Waals surface area contributed by atoms with E-state index >= 15 is 0 Å². The second-order valence-corrected chi connectivity index (χ2v) is 3.24. The highest BCUT2D eigenvalue weighted by Gasteiger charge is 2.12. The van der Waals surface area contributed by atoms with Crippen LogP contribution >= 0.6 is 0 Å². The Morgan fingerprint density at radius 2 is 2.25 bits per heavy atom. The number of rotatable bonds is 3. The van der Waals surface area contributed by atoms with E-state index in [0.29, 0.717) is 23.8 Å². The fraction of sp³-hybridized carbons (Fsp3) is 0.364. The van der Waals surface area contributed by atoms with Crippen molar-refractivity contribution < 1.29 is 9.66 Å². The van der Waals surface area contributed by atoms with Gasteiger partial charge in [-0.15, -0.1) is 0 Å². The molecule has 0 aliphatic heterocycles. The van der Waals surface area contributed by atoms with Crippen LogP contribution in [0.1, 0.15) is 19.4 Å². The van der Waals surface area contributed by atoms with E-state index in [1.54, 1.807) is 26.0 Å². The van der Waals surface area contributed by atoms with E-state index in [-0.39, 0.29) is 5.69 Å². The first-order valence-corrected chi connectivity index (χ1v) is 4.98. The third-order valence-corrected chi connectivity index (χ3v) is 2.10. The fourth-order valence-corrected chi connectivity index (χ4v) is 1.34. The maximum Gasteiger partial charge on any atom is 0.274 e. The van der Waals surface area contributed by atoms with E-state index in [1.807, 2.05) is 6.92 Å². The molecule has 0 amide bonds. The van der Waals surface area contributed by atoms with Gasteiger partial charge in [0.1, 0.15) is 0 Å². The number of nitro groups is 1. The third kappa shape index (κ3) is 2.79. The van der Waals surface area contributed by atoms with Crippen LogP contribution in [-0.2, 0) is 4.74 Å². The number of hydrogen-bond donors (Lipinski definition) is 0. The predicted octanol–water partition coefficient (Wildman–Crippen LogP) is 2.99. The van der Waals surface area contributed by atoms with E-state index in [4.69, 9.17) is 4.74 Å². The minimum atomic E-state index is -0.412. The average Bonchev–Trinajstić information content (AvgIpc) is 2.21. The van der Waals surface area contributed by atoms with Crippen molar-refractivity contribution in [2.24, 2.45) is 4.99 Å². The van der Waals surface area contributed by atoms with Crippen molar-refractivity contribution in [1.82, 2.24) is 0 Å². The van der Waals surface area contributed by atoms with Gasteiger partial charge >= 0.3 is 0 Å². The van der Waals surface area contributed by atoms with Gasteiger partial charge in [0.2, 0.25) is 0 Å². The van der Waals surface area contributed by atoms with E-state index in [2.05, 4.69) is 4.99 Å². The summed E-state index contributed by atoms with van der Waals surface area (Å²) in [6.45, 7) is 5.79. The smallest absolute Gasteiger partial charge is 0.274 e. The van der Waals surface area contributed by atoms with Gasteiger partial charge in [-0.1, -0.05) is 6.07 Å². The van der Waals surface area contributed by atoms with Gasteiger partial charge in [0.05, 0.1) is 22.8 Å². The van der Waals surface area contributed by atoms with Gasteiger partial charge in [-0.3, -0.25) is 10.1 Å². The zero-order valence-corrected chi connectivity index (χ0v) is 9.56. The van der Waals surface area contributed by atoms with Gasteiger partial charge in [0.25, 0.3) is 5.69 Å². The summed E-state index contributed by atoms with van der Waals surface area (Å²) in [5, 5.41) is 10.7. The standard InChI is InChI=1S/C11H14N2O3/c1-4-16-9(3)12-10-6-5-7-11(8(10)2)13(14)15/h5-7H,4H2,1-3H3. The van der Waals surface area contributed by atoms with Gasteiger partial charge < -0.3 is 4.74 Å². The Hall–Kier alpha value is -1.91. The first-order valence-electron chi connectivity index (χ1n) is 4.98. The maximum absolute atomic E-state index is 10.7. The van der Waals surface area contributed by atoms with Gasteiger partial charge in [-0.2, -0.15) is 0 Å². The molecule has 0 spiro atoms. The highest BCUT2D eigenvalue weighted by Crippen LogP contribution is 2.27. The maximum atomic E-state index is 10.7. The van der Waals surface area contributed by atoms with E-state index < -0.39 is 4.92 Å². The average molecular weight is 222 g/mol. The summed E-state index contributed by atoms with van der Waals surface area (Å²) in [7, 11) is 0. The summed E-state index contributed by atoms with van der Waals surface area (Å²) in [6.07, 6.45) is 0. The van der Waals surface area contributed by atoms with Crippen LogP contribution in [0.25, 0.3) is 0 Å². The second-order valence-electron chi connectivity index (χ2n) is 3.24. The highest BCUT2D eigenvalue weighted by molar-refractivity contribution is 5.78. The van der Waals surface area contributed by atoms with Crippen LogP contribution in [0.3, 0.4) is 0 Å². The van der Waals surface area contributed by atoms with Crippen molar-refractivity contribution in [3.8, 4) is 0 Å². The lowest BCUT2D eigenvalue weighted by atomic mass is 10.1. The molecule has 0 radical (unpaired) electrons. The van der Waals surface area contributed by atoms with E-state index in [9.17, 15) is 10.1 Å². The number of nitro benzene ring substituents is 1. The first-order chi connectivity index (χ1) is 7.56. The van der Waals surface area contributed by atoms with Crippen molar-refractivity contribution in [3.05, 3.63) is 33.9 Å². The van der Waals surface area contributed by atoms with Crippen LogP contribution in [0.5, 0.6) is 0 Å². The number of nitrogens with zero attached hydrogens (tertiary/aromatic N) is 2. The Morgan fingerprint density at radius 1 is 1.56 bits per heavy atom. The lowest BCUT2D eigenvalue weighted by Gasteiger charge is -2.04. The lowest BCUT2D eigenvalue weighted by Crippen LogP contribution is -1.98. The number of benzene rings is 1. The Morgan fingerprint density at radius 3 is 2.81 bits per heavy atom. The SMILES string of the molecule is CCOC(C)=Nc1cccc([N+](=O)[O-])c1C. The zero-order chi connectivity index (χ0) is 12.1. The summed E-state index contributed by atoms with van der Waals surface area (Å²) in [4.78, 5) is 14.5. The predicted molar refractivity (Wildman–Crippen MR) is 62.2 cm³/mol. The summed E-state index contributed by atoms with van der Waals surface area (Å²) in [6, 6.07) is 4.80. The van der Waals surface area contributed by atoms with Crippen molar-refractivity contribution in [3.63, 3.8) is 0 Å². The number of aliphatic imine (C=N–C) groups is 1. The van der Waals surface area contributed by atoms with Crippen molar-refractivity contribution in [2.45, 2.75) is 20.8 Å². The molecule has 86 valence electrons. The molecule has 0 atom stereocenters. The molecule has 16 heavy (non-hydrogen) atoms. The molecule has 0 aliphatic carbocycles. The van der Waals surface area contributed by atoms with Gasteiger partial charge in [-0.25, -0.2) is 4.99 Å². The molecule has 0 aromatic heterocycles. The monoisotopic (exact) mass is 222 g/mol. The number of hydrogen-bond acceptors (Lipinski definition) is 4. The summed E-state index contributed by atoms with van der Waals surface area (Å²) >= 11 is 0. The molecule has 0 heterocycles. The van der Waals surface area contributed by atoms with Crippen molar-refractivity contribution >= 4 is 17.3 Å². The quantitative estimate of drug-likeness (QED) is 0.342. The molecule has 0 saturated carbocycles. The van der Waals surface area contributed by atoms with Gasteiger partial charge in [-0.05, 0) is 19.9 Å². The van der Waals surface area contributed by atoms with Gasteiger partial charge in [0, 0.05) is 13.0 Å². The molecule has 1 rings (SSSR count). The lowest BCUT2D eigenvalue weighted by molar-refractivity contribution is -0.385. The van der Waals surface area contributed by atoms with Crippen LogP contribution in [0.2, 0.25) is 0 Å². The largest absolute Gasteiger partial charge is 0.481 e. The number of ether oxygens (including phenoxy) is 1. The van der Waals surface area contributed by atoms with E-state index in [1.165, 1.54) is 6.07 Å². The Balaban J connectivity index is 3.11. The molecule has 0 fully saturated rings. The molecule has 0 aliphatic rings. The summed E-state index contributed by atoms with van der Waals surface area (Å²) < 4.78 is 5.18. The Kier molecular flexibility index (Phi) is 3.99. The van der Waals surface area contributed by atoms with Crippen LogP contribution in [0, 0.1) is 17.0 Å². The van der Waals surface area contributed by atoms with Crippen LogP contribution < -0.4 is 0 Å². The second kappa shape index (κ2) is 5.25. The zero-order valence-electron chi connectivity index (χ0n) is 9.56. The fourth-order valence-electron chi connectivity index (χ4n) is 1.34. The van der Waals surface area contributed by atoms with Crippen LogP contribution in [-0.4, -0.2) is 17.4 Å². The minimum Gasteiger partial charge on any atom is -0.481 e. The minimum absolute atomic E-state index is 0.0746. The highest BCUT2D eigenvalue weighted by atomic mass is 16.6. The van der Waals surface area contributed by atoms with Gasteiger partial charge in [0.15, 0.2) is 5.90 Å². The molecule has 0 unspecified atom stereocenters. The summed E-state index contributed by atoms with van der Waals surface area (Å²) in [5.74, 6) is 0.506. The molecular weight excluding hydrogens is 208 g/mol. The van der Waals surface area contributed by atoms with E-state index in [0.717, 1.165) is 0 Å². The molecule has 0 N–H and O–H groups in total. The van der Waals surface area contributed by atoms with Crippen molar-refractivity contribution in [2.75, 3.05) is 6.61 Å². The van der Waals surface area contributed by atoms with Crippen LogP contribution in [0.4, 0.5) is 11.4 Å².